The fourth-order valence-corrected chi connectivity index (χ4v) is 4.82. The van der Waals surface area contributed by atoms with Gasteiger partial charge in [0.05, 0.1) is 0 Å². The zero-order chi connectivity index (χ0) is 13.9. The van der Waals surface area contributed by atoms with Gasteiger partial charge in [-0.15, -0.1) is 0 Å². The van der Waals surface area contributed by atoms with Gasteiger partial charge in [-0.25, -0.2) is 0 Å². The molecule has 2 N–H and O–H groups in total. The number of amides is 1. The largest absolute Gasteiger partial charge is 0.339 e. The molecule has 0 aromatic rings. The van der Waals surface area contributed by atoms with Crippen LogP contribution in [0.1, 0.15) is 70.6 Å². The molecule has 2 saturated carbocycles. The Labute approximate surface area is 123 Å². The van der Waals surface area contributed by atoms with E-state index in [0.717, 1.165) is 31.7 Å². The molecule has 0 bridgehead atoms. The number of carbonyl (C=O) groups is 1. The molecule has 3 nitrogen and oxygen atoms in total. The fraction of sp³-hybridized carbons (Fsp3) is 0.941. The predicted octanol–water partition coefficient (Wildman–Crippen LogP) is 3.08. The van der Waals surface area contributed by atoms with Crippen molar-refractivity contribution < 1.29 is 4.79 Å². The molecule has 3 aliphatic rings. The van der Waals surface area contributed by atoms with Crippen LogP contribution in [-0.2, 0) is 4.79 Å². The van der Waals surface area contributed by atoms with Crippen molar-refractivity contribution in [2.45, 2.75) is 82.7 Å². The molecule has 20 heavy (non-hydrogen) atoms. The summed E-state index contributed by atoms with van der Waals surface area (Å²) >= 11 is 0. The molecule has 3 rings (SSSR count). The van der Waals surface area contributed by atoms with E-state index >= 15 is 0 Å². The van der Waals surface area contributed by atoms with Crippen LogP contribution in [0.15, 0.2) is 0 Å². The van der Waals surface area contributed by atoms with Crippen molar-refractivity contribution in [3.63, 3.8) is 0 Å². The van der Waals surface area contributed by atoms with Gasteiger partial charge in [-0.1, -0.05) is 19.3 Å². The smallest absolute Gasteiger partial charge is 0.223 e. The topological polar surface area (TPSA) is 46.3 Å². The third kappa shape index (κ3) is 3.19. The first kappa shape index (κ1) is 14.4. The molecule has 2 unspecified atom stereocenters. The summed E-state index contributed by atoms with van der Waals surface area (Å²) in [5, 5.41) is 0. The molecule has 3 fully saturated rings. The van der Waals surface area contributed by atoms with Gasteiger partial charge >= 0.3 is 0 Å². The SMILES string of the molecule is NC1CCCC(CC(=O)N2CCC[C@H]3CCCC[C@H]32)C1. The number of carbonyl (C=O) groups excluding carboxylic acids is 1. The Morgan fingerprint density at radius 3 is 2.65 bits per heavy atom. The molecule has 1 heterocycles. The van der Waals surface area contributed by atoms with Crippen molar-refractivity contribution >= 4 is 5.91 Å². The van der Waals surface area contributed by atoms with Crippen LogP contribution in [0, 0.1) is 11.8 Å². The van der Waals surface area contributed by atoms with Crippen molar-refractivity contribution in [2.75, 3.05) is 6.54 Å². The molecule has 0 aromatic heterocycles. The minimum Gasteiger partial charge on any atom is -0.339 e. The third-order valence-corrected chi connectivity index (χ3v) is 5.85. The van der Waals surface area contributed by atoms with E-state index in [1.54, 1.807) is 0 Å². The molecular weight excluding hydrogens is 248 g/mol. The lowest BCUT2D eigenvalue weighted by molar-refractivity contribution is -0.138. The molecule has 3 heteroatoms. The van der Waals surface area contributed by atoms with Gasteiger partial charge in [-0.05, 0) is 56.8 Å². The summed E-state index contributed by atoms with van der Waals surface area (Å²) in [5.41, 5.74) is 6.06. The standard InChI is InChI=1S/C17H30N2O/c18-15-8-3-5-13(11-15)12-17(20)19-10-4-7-14-6-1-2-9-16(14)19/h13-16H,1-12,18H2/t13?,14-,15?,16-/m1/s1. The normalized spacial score (nSPS) is 38.4. The lowest BCUT2D eigenvalue weighted by Gasteiger charge is -2.44. The average Bonchev–Trinajstić information content (AvgIpc) is 2.46. The summed E-state index contributed by atoms with van der Waals surface area (Å²) in [6.45, 7) is 1.01. The highest BCUT2D eigenvalue weighted by atomic mass is 16.2. The van der Waals surface area contributed by atoms with E-state index in [1.165, 1.54) is 51.4 Å². The Morgan fingerprint density at radius 1 is 1.00 bits per heavy atom. The molecule has 0 radical (unpaired) electrons. The summed E-state index contributed by atoms with van der Waals surface area (Å²) in [6, 6.07) is 0.910. The number of nitrogens with zero attached hydrogens (tertiary/aromatic N) is 1. The van der Waals surface area contributed by atoms with E-state index in [2.05, 4.69) is 4.90 Å². The van der Waals surface area contributed by atoms with Gasteiger partial charge in [0, 0.05) is 25.0 Å². The molecule has 114 valence electrons. The summed E-state index contributed by atoms with van der Waals surface area (Å²) < 4.78 is 0. The van der Waals surface area contributed by atoms with Crippen molar-refractivity contribution in [3.05, 3.63) is 0 Å². The van der Waals surface area contributed by atoms with Crippen molar-refractivity contribution in [1.29, 1.82) is 0 Å². The quantitative estimate of drug-likeness (QED) is 0.843. The maximum Gasteiger partial charge on any atom is 0.223 e. The molecular formula is C17H30N2O. The Bertz CT molecular complexity index is 342. The van der Waals surface area contributed by atoms with Gasteiger partial charge < -0.3 is 10.6 Å². The Kier molecular flexibility index (Phi) is 4.65. The highest BCUT2D eigenvalue weighted by Gasteiger charge is 2.36. The van der Waals surface area contributed by atoms with Crippen molar-refractivity contribution in [3.8, 4) is 0 Å². The van der Waals surface area contributed by atoms with Crippen LogP contribution in [-0.4, -0.2) is 29.4 Å². The molecule has 0 spiro atoms. The number of nitrogens with two attached hydrogens (primary N) is 1. The molecule has 4 atom stereocenters. The van der Waals surface area contributed by atoms with Gasteiger partial charge in [0.25, 0.3) is 0 Å². The number of fused-ring (bicyclic) bond motifs is 1. The summed E-state index contributed by atoms with van der Waals surface area (Å²) in [5.74, 6) is 1.78. The van der Waals surface area contributed by atoms with E-state index in [4.69, 9.17) is 5.73 Å². The lowest BCUT2D eigenvalue weighted by Crippen LogP contribution is -2.50. The number of hydrogen-bond donors (Lipinski definition) is 1. The third-order valence-electron chi connectivity index (χ3n) is 5.85. The van der Waals surface area contributed by atoms with Crippen LogP contribution < -0.4 is 5.73 Å². The second kappa shape index (κ2) is 6.46. The van der Waals surface area contributed by atoms with Gasteiger partial charge in [-0.2, -0.15) is 0 Å². The van der Waals surface area contributed by atoms with Gasteiger partial charge in [-0.3, -0.25) is 4.79 Å². The number of hydrogen-bond acceptors (Lipinski definition) is 2. The van der Waals surface area contributed by atoms with Crippen LogP contribution in [0.25, 0.3) is 0 Å². The minimum absolute atomic E-state index is 0.338. The van der Waals surface area contributed by atoms with E-state index in [1.807, 2.05) is 0 Å². The van der Waals surface area contributed by atoms with Crippen molar-refractivity contribution in [2.24, 2.45) is 17.6 Å². The van der Waals surface area contributed by atoms with E-state index < -0.39 is 0 Å². The lowest BCUT2D eigenvalue weighted by atomic mass is 9.77. The zero-order valence-electron chi connectivity index (χ0n) is 12.7. The highest BCUT2D eigenvalue weighted by Crippen LogP contribution is 2.36. The van der Waals surface area contributed by atoms with Crippen LogP contribution in [0.2, 0.25) is 0 Å². The maximum absolute atomic E-state index is 12.7. The molecule has 0 aromatic carbocycles. The van der Waals surface area contributed by atoms with Crippen LogP contribution in [0.3, 0.4) is 0 Å². The van der Waals surface area contributed by atoms with E-state index in [-0.39, 0.29) is 0 Å². The summed E-state index contributed by atoms with van der Waals surface area (Å²) in [4.78, 5) is 15.0. The summed E-state index contributed by atoms with van der Waals surface area (Å²) in [7, 11) is 0. The zero-order valence-corrected chi connectivity index (χ0v) is 12.7. The van der Waals surface area contributed by atoms with Crippen LogP contribution in [0.4, 0.5) is 0 Å². The number of likely N-dealkylation sites (tertiary alicyclic amines) is 1. The predicted molar refractivity (Wildman–Crippen MR) is 81.2 cm³/mol. The Morgan fingerprint density at radius 2 is 1.80 bits per heavy atom. The molecule has 2 aliphatic carbocycles. The van der Waals surface area contributed by atoms with E-state index in [0.29, 0.717) is 23.9 Å². The van der Waals surface area contributed by atoms with Gasteiger partial charge in [0.2, 0.25) is 5.91 Å². The second-order valence-electron chi connectivity index (χ2n) is 7.34. The molecule has 1 saturated heterocycles. The second-order valence-corrected chi connectivity index (χ2v) is 7.34. The van der Waals surface area contributed by atoms with Crippen LogP contribution >= 0.6 is 0 Å². The number of piperidine rings is 1. The highest BCUT2D eigenvalue weighted by molar-refractivity contribution is 5.77. The molecule has 1 amide bonds. The van der Waals surface area contributed by atoms with E-state index in [9.17, 15) is 4.79 Å². The monoisotopic (exact) mass is 278 g/mol. The van der Waals surface area contributed by atoms with Gasteiger partial charge in [0.1, 0.15) is 0 Å². The maximum atomic E-state index is 12.7. The number of rotatable bonds is 2. The first-order valence-electron chi connectivity index (χ1n) is 8.79. The van der Waals surface area contributed by atoms with Crippen LogP contribution in [0.5, 0.6) is 0 Å². The minimum atomic E-state index is 0.338. The first-order chi connectivity index (χ1) is 9.74. The Balaban J connectivity index is 1.57. The first-order valence-corrected chi connectivity index (χ1v) is 8.79. The summed E-state index contributed by atoms with van der Waals surface area (Å²) in [6.07, 6.45) is 13.3. The average molecular weight is 278 g/mol. The fourth-order valence-electron chi connectivity index (χ4n) is 4.82. The van der Waals surface area contributed by atoms with Crippen molar-refractivity contribution in [1.82, 2.24) is 4.90 Å². The molecule has 1 aliphatic heterocycles. The van der Waals surface area contributed by atoms with Gasteiger partial charge in [0.15, 0.2) is 0 Å². The Hall–Kier alpha value is -0.570.